The first-order valence-corrected chi connectivity index (χ1v) is 24.3. The fourth-order valence-corrected chi connectivity index (χ4v) is 10.9. The quantitative estimate of drug-likeness (QED) is 0.0527. The van der Waals surface area contributed by atoms with Crippen LogP contribution in [-0.4, -0.2) is 98.1 Å². The summed E-state index contributed by atoms with van der Waals surface area (Å²) in [6, 6.07) is 1.81. The lowest BCUT2D eigenvalue weighted by Crippen LogP contribution is -2.45. The second kappa shape index (κ2) is 31.7. The number of nitrogens with two attached hydrogens (primary N) is 4. The molecular weight excluding hydrogens is 773 g/mol. The summed E-state index contributed by atoms with van der Waals surface area (Å²) in [5, 5.41) is 16.2. The van der Waals surface area contributed by atoms with E-state index in [4.69, 9.17) is 37.9 Å². The van der Waals surface area contributed by atoms with Gasteiger partial charge < -0.3 is 42.6 Å². The molecule has 1 heterocycles. The normalized spacial score (nSPS) is 33.5. The van der Waals surface area contributed by atoms with Gasteiger partial charge in [-0.25, -0.2) is 19.6 Å². The molecule has 0 radical (unpaired) electrons. The van der Waals surface area contributed by atoms with Crippen LogP contribution in [0.1, 0.15) is 181 Å². The molecule has 2 atom stereocenters. The second-order valence-corrected chi connectivity index (χ2v) is 20.4. The number of ether oxygens (including phenoxy) is 2. The number of carbonyl (C=O) groups excluding carboxylic acids is 3. The Morgan fingerprint density at radius 3 is 1.44 bits per heavy atom. The molecule has 1 saturated heterocycles. The van der Waals surface area contributed by atoms with Gasteiger partial charge in [-0.15, -0.1) is 0 Å². The van der Waals surface area contributed by atoms with Gasteiger partial charge in [0.25, 0.3) is 0 Å². The van der Waals surface area contributed by atoms with E-state index in [-0.39, 0.29) is 36.7 Å². The van der Waals surface area contributed by atoms with E-state index in [0.717, 1.165) is 88.0 Å². The molecule has 0 bridgehead atoms. The van der Waals surface area contributed by atoms with E-state index in [9.17, 15) is 14.4 Å². The fraction of sp³-hybridized carbons (Fsp3) is 0.938. The summed E-state index contributed by atoms with van der Waals surface area (Å²) in [7, 11) is 0. The highest BCUT2D eigenvalue weighted by molar-refractivity contribution is 5.69. The van der Waals surface area contributed by atoms with Crippen molar-refractivity contribution in [2.24, 2.45) is 67.4 Å². The van der Waals surface area contributed by atoms with E-state index in [1.54, 1.807) is 12.2 Å². The number of esters is 1. The van der Waals surface area contributed by atoms with Gasteiger partial charge in [-0.3, -0.25) is 4.79 Å². The van der Waals surface area contributed by atoms with E-state index in [1.807, 2.05) is 0 Å². The predicted octanol–water partition coefficient (Wildman–Crippen LogP) is 7.16. The molecule has 6 aliphatic rings. The summed E-state index contributed by atoms with van der Waals surface area (Å²) in [6.07, 6.45) is 32.9. The minimum Gasteiger partial charge on any atom is -0.466 e. The van der Waals surface area contributed by atoms with Crippen molar-refractivity contribution in [3.63, 3.8) is 0 Å². The van der Waals surface area contributed by atoms with Crippen LogP contribution in [0.2, 0.25) is 0 Å². The van der Waals surface area contributed by atoms with Crippen LogP contribution < -0.4 is 22.9 Å². The van der Waals surface area contributed by atoms with Gasteiger partial charge in [0.05, 0.1) is 45.1 Å². The zero-order valence-corrected chi connectivity index (χ0v) is 38.8. The van der Waals surface area contributed by atoms with E-state index < -0.39 is 0 Å². The number of isocyanates is 2. The topological polar surface area (TPSA) is 239 Å². The Bertz CT molecular complexity index is 1160. The van der Waals surface area contributed by atoms with Crippen molar-refractivity contribution in [2.45, 2.75) is 212 Å². The van der Waals surface area contributed by atoms with E-state index in [1.165, 1.54) is 96.3 Å². The fourth-order valence-electron chi connectivity index (χ4n) is 10.9. The van der Waals surface area contributed by atoms with Crippen molar-refractivity contribution >= 4 is 18.1 Å². The number of hydrogen-bond acceptors (Lipinski definition) is 13. The smallest absolute Gasteiger partial charge is 0.305 e. The van der Waals surface area contributed by atoms with Crippen LogP contribution in [0.3, 0.4) is 0 Å². The maximum Gasteiger partial charge on any atom is 0.305 e. The van der Waals surface area contributed by atoms with Crippen LogP contribution in [0.15, 0.2) is 9.98 Å². The Balaban J connectivity index is 0.000000275. The first-order chi connectivity index (χ1) is 29.2. The van der Waals surface area contributed by atoms with Gasteiger partial charge >= 0.3 is 5.97 Å². The molecule has 0 aromatic carbocycles. The molecule has 354 valence electrons. The van der Waals surface area contributed by atoms with Crippen LogP contribution in [0.25, 0.3) is 0 Å². The summed E-state index contributed by atoms with van der Waals surface area (Å²) in [4.78, 5) is 38.6. The molecule has 6 rings (SSSR count). The number of hydrogen-bond donors (Lipinski definition) is 6. The Morgan fingerprint density at radius 1 is 0.639 bits per heavy atom. The lowest BCUT2D eigenvalue weighted by molar-refractivity contribution is -0.142. The van der Waals surface area contributed by atoms with E-state index >= 15 is 0 Å². The van der Waals surface area contributed by atoms with Crippen LogP contribution in [-0.2, 0) is 23.9 Å². The van der Waals surface area contributed by atoms with Crippen molar-refractivity contribution < 1.29 is 34.1 Å². The van der Waals surface area contributed by atoms with Crippen molar-refractivity contribution in [1.29, 1.82) is 0 Å². The molecule has 61 heavy (non-hydrogen) atoms. The zero-order valence-electron chi connectivity index (χ0n) is 38.8. The molecule has 0 amide bonds. The molecule has 1 aliphatic heterocycles. The Morgan fingerprint density at radius 2 is 1.07 bits per heavy atom. The van der Waals surface area contributed by atoms with Gasteiger partial charge in [-0.2, -0.15) is 0 Å². The number of aliphatic hydroxyl groups is 2. The maximum atomic E-state index is 10.5. The molecular formula is C48H90N6O7. The third-order valence-corrected chi connectivity index (χ3v) is 13.9. The summed E-state index contributed by atoms with van der Waals surface area (Å²) >= 11 is 0. The Hall–Kier alpha value is -2.05. The molecule has 10 N–H and O–H groups in total. The van der Waals surface area contributed by atoms with Crippen LogP contribution in [0.4, 0.5) is 0 Å². The minimum atomic E-state index is -0.0255. The highest BCUT2D eigenvalue weighted by Gasteiger charge is 2.39. The lowest BCUT2D eigenvalue weighted by atomic mass is 9.63. The van der Waals surface area contributed by atoms with Gasteiger partial charge in [-0.1, -0.05) is 20.8 Å². The monoisotopic (exact) mass is 863 g/mol. The molecule has 6 fully saturated rings. The minimum absolute atomic E-state index is 0.0255. The van der Waals surface area contributed by atoms with Gasteiger partial charge in [0, 0.05) is 24.5 Å². The molecule has 5 saturated carbocycles. The third kappa shape index (κ3) is 25.7. The lowest BCUT2D eigenvalue weighted by Gasteiger charge is -2.45. The molecule has 13 nitrogen and oxygen atoms in total. The van der Waals surface area contributed by atoms with Gasteiger partial charge in [0.2, 0.25) is 12.2 Å². The largest absolute Gasteiger partial charge is 0.466 e. The maximum absolute atomic E-state index is 10.5. The summed E-state index contributed by atoms with van der Waals surface area (Å²) < 4.78 is 9.40. The Labute approximate surface area is 369 Å². The average molecular weight is 863 g/mol. The van der Waals surface area contributed by atoms with E-state index in [0.29, 0.717) is 49.8 Å². The Kier molecular flexibility index (Phi) is 28.7. The molecule has 0 aromatic rings. The van der Waals surface area contributed by atoms with Gasteiger partial charge in [-0.05, 0) is 195 Å². The second-order valence-electron chi connectivity index (χ2n) is 20.4. The number of aliphatic imine (C=N–C) groups is 2. The number of nitrogens with zero attached hydrogens (tertiary/aromatic N) is 2. The SMILES string of the molecule is CC1(C)CC(N)CC(C)(CN)C1.NC1CCC(CC2CCC(N)CC2)CC1.O=C1CCCCCO1.O=C=NC1CCC(CC2CCC(N=C=O)CC2)CC1.OCCOCCO. The highest BCUT2D eigenvalue weighted by Crippen LogP contribution is 2.45. The van der Waals surface area contributed by atoms with E-state index in [2.05, 4.69) is 35.5 Å². The van der Waals surface area contributed by atoms with Crippen molar-refractivity contribution in [1.82, 2.24) is 0 Å². The average Bonchev–Trinajstić information content (AvgIpc) is 3.49. The summed E-state index contributed by atoms with van der Waals surface area (Å²) in [6.45, 7) is 8.94. The number of cyclic esters (lactones) is 1. The first kappa shape index (κ1) is 55.1. The number of rotatable bonds is 11. The van der Waals surface area contributed by atoms with Crippen LogP contribution >= 0.6 is 0 Å². The first-order valence-electron chi connectivity index (χ1n) is 24.3. The molecule has 5 aliphatic carbocycles. The number of aliphatic hydroxyl groups excluding tert-OH is 2. The van der Waals surface area contributed by atoms with Crippen molar-refractivity contribution in [2.75, 3.05) is 39.6 Å². The van der Waals surface area contributed by atoms with Crippen LogP contribution in [0.5, 0.6) is 0 Å². The van der Waals surface area contributed by atoms with Crippen LogP contribution in [0, 0.1) is 34.5 Å². The highest BCUT2D eigenvalue weighted by atomic mass is 16.5. The summed E-state index contributed by atoms with van der Waals surface area (Å²) in [5.41, 5.74) is 24.3. The van der Waals surface area contributed by atoms with Gasteiger partial charge in [0.15, 0.2) is 0 Å². The standard InChI is InChI=1S/C15H22N2O2.C13H26N2.C10H22N2.C6H10O2.C4H10O3/c18-10-16-14-5-1-12(2-6-14)9-13-3-7-15(8-4-13)17-11-19;14-12-5-1-10(2-6-12)9-11-3-7-13(15)8-4-11;1-9(2)4-8(12)5-10(3,6-9)7-11;7-6-4-2-1-3-5-8-6;5-1-3-7-4-2-6/h12-15H,1-9H2;10-13H,1-9,14-15H2;8H,4-7,11-12H2,1-3H3;1-5H2;5-6H,1-4H2. The zero-order chi connectivity index (χ0) is 44.9. The third-order valence-electron chi connectivity index (χ3n) is 13.9. The van der Waals surface area contributed by atoms with Crippen molar-refractivity contribution in [3.8, 4) is 0 Å². The molecule has 0 spiro atoms. The molecule has 0 aromatic heterocycles. The number of carbonyl (C=O) groups is 1. The molecule has 13 heteroatoms. The van der Waals surface area contributed by atoms with Gasteiger partial charge in [0.1, 0.15) is 0 Å². The van der Waals surface area contributed by atoms with Crippen molar-refractivity contribution in [3.05, 3.63) is 0 Å². The molecule has 2 unspecified atom stereocenters. The summed E-state index contributed by atoms with van der Waals surface area (Å²) in [5.74, 6) is 3.53. The predicted molar refractivity (Wildman–Crippen MR) is 244 cm³/mol.